The van der Waals surface area contributed by atoms with Crippen LogP contribution in [0.1, 0.15) is 31.9 Å². The van der Waals surface area contributed by atoms with Gasteiger partial charge in [-0.25, -0.2) is 4.98 Å². The molecule has 1 aromatic heterocycles. The van der Waals surface area contributed by atoms with E-state index in [-0.39, 0.29) is 6.10 Å². The highest BCUT2D eigenvalue weighted by molar-refractivity contribution is 4.96. The fourth-order valence-corrected chi connectivity index (χ4v) is 1.81. The van der Waals surface area contributed by atoms with E-state index in [0.717, 1.165) is 24.5 Å². The molecule has 1 aliphatic carbocycles. The monoisotopic (exact) mass is 194 g/mol. The molecule has 1 heterocycles. The largest absolute Gasteiger partial charge is 0.393 e. The predicted molar refractivity (Wildman–Crippen MR) is 54.8 cm³/mol. The van der Waals surface area contributed by atoms with Crippen molar-refractivity contribution in [2.45, 2.75) is 38.7 Å². The molecular formula is C11H18N2O. The van der Waals surface area contributed by atoms with Gasteiger partial charge in [0.1, 0.15) is 0 Å². The summed E-state index contributed by atoms with van der Waals surface area (Å²) < 4.78 is 0. The number of aromatic amines is 1. The van der Waals surface area contributed by atoms with Crippen molar-refractivity contribution in [2.24, 2.45) is 11.8 Å². The fourth-order valence-electron chi connectivity index (χ4n) is 1.81. The molecule has 0 spiro atoms. The summed E-state index contributed by atoms with van der Waals surface area (Å²) in [5.74, 6) is 1.13. The zero-order valence-electron chi connectivity index (χ0n) is 8.61. The number of aromatic nitrogens is 2. The van der Waals surface area contributed by atoms with Crippen molar-refractivity contribution >= 4 is 0 Å². The van der Waals surface area contributed by atoms with Crippen LogP contribution < -0.4 is 0 Å². The van der Waals surface area contributed by atoms with E-state index in [1.54, 1.807) is 6.33 Å². The number of imidazole rings is 1. The third-order valence-electron chi connectivity index (χ3n) is 3.03. The summed E-state index contributed by atoms with van der Waals surface area (Å²) in [6, 6.07) is 0. The first-order valence-corrected chi connectivity index (χ1v) is 5.41. The van der Waals surface area contributed by atoms with Crippen LogP contribution in [0.2, 0.25) is 0 Å². The Morgan fingerprint density at radius 2 is 2.43 bits per heavy atom. The van der Waals surface area contributed by atoms with Gasteiger partial charge in [0.15, 0.2) is 0 Å². The van der Waals surface area contributed by atoms with Crippen LogP contribution in [0.4, 0.5) is 0 Å². The zero-order valence-corrected chi connectivity index (χ0v) is 8.61. The highest BCUT2D eigenvalue weighted by Crippen LogP contribution is 2.35. The van der Waals surface area contributed by atoms with Crippen LogP contribution >= 0.6 is 0 Å². The molecule has 1 aliphatic rings. The number of nitrogens with one attached hydrogen (secondary N) is 1. The molecule has 0 aliphatic heterocycles. The fraction of sp³-hybridized carbons (Fsp3) is 0.727. The van der Waals surface area contributed by atoms with Gasteiger partial charge in [0.2, 0.25) is 0 Å². The maximum absolute atomic E-state index is 9.89. The Balaban J connectivity index is 1.78. The highest BCUT2D eigenvalue weighted by atomic mass is 16.3. The Labute approximate surface area is 84.6 Å². The van der Waals surface area contributed by atoms with Gasteiger partial charge in [-0.1, -0.05) is 19.8 Å². The maximum atomic E-state index is 9.89. The van der Waals surface area contributed by atoms with Crippen LogP contribution in [-0.2, 0) is 6.42 Å². The molecule has 2 N–H and O–H groups in total. The van der Waals surface area contributed by atoms with E-state index < -0.39 is 0 Å². The van der Waals surface area contributed by atoms with Crippen LogP contribution in [0.15, 0.2) is 12.5 Å². The van der Waals surface area contributed by atoms with Gasteiger partial charge in [0.05, 0.1) is 12.4 Å². The van der Waals surface area contributed by atoms with Crippen molar-refractivity contribution in [3.8, 4) is 0 Å². The molecule has 2 atom stereocenters. The molecule has 2 rings (SSSR count). The molecule has 1 fully saturated rings. The molecule has 3 heteroatoms. The standard InChI is InChI=1S/C11H18N2O/c1-8(4-10-6-12-7-13-10)11(14)5-9-2-3-9/h6-9,11,14H,2-5H2,1H3,(H,12,13)/t8?,11-/m0/s1. The first kappa shape index (κ1) is 9.71. The average Bonchev–Trinajstić information content (AvgIpc) is 2.81. The van der Waals surface area contributed by atoms with Crippen LogP contribution in [0.5, 0.6) is 0 Å². The van der Waals surface area contributed by atoms with Gasteiger partial charge in [-0.3, -0.25) is 0 Å². The van der Waals surface area contributed by atoms with Gasteiger partial charge in [0.25, 0.3) is 0 Å². The summed E-state index contributed by atoms with van der Waals surface area (Å²) in [5, 5.41) is 9.89. The van der Waals surface area contributed by atoms with Gasteiger partial charge in [-0.15, -0.1) is 0 Å². The first-order valence-electron chi connectivity index (χ1n) is 5.41. The number of H-pyrrole nitrogens is 1. The summed E-state index contributed by atoms with van der Waals surface area (Å²) in [6.45, 7) is 2.11. The highest BCUT2D eigenvalue weighted by Gasteiger charge is 2.27. The quantitative estimate of drug-likeness (QED) is 0.750. The first-order chi connectivity index (χ1) is 6.75. The van der Waals surface area contributed by atoms with E-state index in [1.165, 1.54) is 12.8 Å². The topological polar surface area (TPSA) is 48.9 Å². The number of nitrogens with zero attached hydrogens (tertiary/aromatic N) is 1. The van der Waals surface area contributed by atoms with Gasteiger partial charge < -0.3 is 10.1 Å². The van der Waals surface area contributed by atoms with Crippen molar-refractivity contribution in [2.75, 3.05) is 0 Å². The number of aliphatic hydroxyl groups is 1. The minimum atomic E-state index is -0.147. The summed E-state index contributed by atoms with van der Waals surface area (Å²) in [7, 11) is 0. The Morgan fingerprint density at radius 3 is 3.00 bits per heavy atom. The smallest absolute Gasteiger partial charge is 0.0921 e. The number of aliphatic hydroxyl groups excluding tert-OH is 1. The normalized spacial score (nSPS) is 20.7. The Morgan fingerprint density at radius 1 is 1.64 bits per heavy atom. The van der Waals surface area contributed by atoms with E-state index in [2.05, 4.69) is 16.9 Å². The molecule has 78 valence electrons. The molecular weight excluding hydrogens is 176 g/mol. The van der Waals surface area contributed by atoms with Crippen LogP contribution in [0.3, 0.4) is 0 Å². The predicted octanol–water partition coefficient (Wildman–Crippen LogP) is 1.75. The van der Waals surface area contributed by atoms with Crippen LogP contribution in [-0.4, -0.2) is 21.2 Å². The summed E-state index contributed by atoms with van der Waals surface area (Å²) in [6.07, 6.45) is 7.88. The molecule has 3 nitrogen and oxygen atoms in total. The third-order valence-corrected chi connectivity index (χ3v) is 3.03. The van der Waals surface area contributed by atoms with Crippen molar-refractivity contribution in [1.82, 2.24) is 9.97 Å². The lowest BCUT2D eigenvalue weighted by atomic mass is 9.95. The second-order valence-electron chi connectivity index (χ2n) is 4.50. The molecule has 0 saturated heterocycles. The molecule has 14 heavy (non-hydrogen) atoms. The van der Waals surface area contributed by atoms with Crippen molar-refractivity contribution in [3.63, 3.8) is 0 Å². The van der Waals surface area contributed by atoms with Crippen LogP contribution in [0, 0.1) is 11.8 Å². The van der Waals surface area contributed by atoms with Gasteiger partial charge >= 0.3 is 0 Å². The second kappa shape index (κ2) is 4.13. The molecule has 1 unspecified atom stereocenters. The zero-order chi connectivity index (χ0) is 9.97. The summed E-state index contributed by atoms with van der Waals surface area (Å²) >= 11 is 0. The molecule has 0 bridgehead atoms. The SMILES string of the molecule is CC(Cc1cnc[nH]1)[C@@H](O)CC1CC1. The van der Waals surface area contributed by atoms with Gasteiger partial charge in [0, 0.05) is 11.9 Å². The van der Waals surface area contributed by atoms with E-state index in [0.29, 0.717) is 5.92 Å². The minimum absolute atomic E-state index is 0.147. The molecule has 0 amide bonds. The van der Waals surface area contributed by atoms with Gasteiger partial charge in [-0.2, -0.15) is 0 Å². The van der Waals surface area contributed by atoms with Crippen molar-refractivity contribution in [1.29, 1.82) is 0 Å². The van der Waals surface area contributed by atoms with Gasteiger partial charge in [-0.05, 0) is 24.7 Å². The summed E-state index contributed by atoms with van der Waals surface area (Å²) in [5.41, 5.74) is 1.12. The Kier molecular flexibility index (Phi) is 2.87. The second-order valence-corrected chi connectivity index (χ2v) is 4.50. The molecule has 1 saturated carbocycles. The van der Waals surface area contributed by atoms with E-state index in [1.807, 2.05) is 6.20 Å². The number of hydrogen-bond donors (Lipinski definition) is 2. The van der Waals surface area contributed by atoms with E-state index >= 15 is 0 Å². The lowest BCUT2D eigenvalue weighted by molar-refractivity contribution is 0.101. The number of hydrogen-bond acceptors (Lipinski definition) is 2. The van der Waals surface area contributed by atoms with Crippen molar-refractivity contribution < 1.29 is 5.11 Å². The maximum Gasteiger partial charge on any atom is 0.0921 e. The van der Waals surface area contributed by atoms with E-state index in [9.17, 15) is 5.11 Å². The lowest BCUT2D eigenvalue weighted by Crippen LogP contribution is -2.20. The molecule has 0 radical (unpaired) electrons. The van der Waals surface area contributed by atoms with Crippen LogP contribution in [0.25, 0.3) is 0 Å². The number of rotatable bonds is 5. The lowest BCUT2D eigenvalue weighted by Gasteiger charge is -2.17. The minimum Gasteiger partial charge on any atom is -0.393 e. The molecule has 1 aromatic rings. The Bertz CT molecular complexity index is 267. The molecule has 0 aromatic carbocycles. The summed E-state index contributed by atoms with van der Waals surface area (Å²) in [4.78, 5) is 7.04. The average molecular weight is 194 g/mol. The third kappa shape index (κ3) is 2.58. The Hall–Kier alpha value is -0.830. The van der Waals surface area contributed by atoms with E-state index in [4.69, 9.17) is 0 Å². The van der Waals surface area contributed by atoms with Crippen molar-refractivity contribution in [3.05, 3.63) is 18.2 Å².